The maximum absolute atomic E-state index is 16.6. The van der Waals surface area contributed by atoms with Crippen molar-refractivity contribution in [3.8, 4) is 0 Å². The van der Waals surface area contributed by atoms with Crippen LogP contribution in [0.15, 0.2) is 54.0 Å². The minimum Gasteiger partial charge on any atom is -0.392 e. The van der Waals surface area contributed by atoms with Crippen molar-refractivity contribution in [3.05, 3.63) is 93.1 Å². The number of aldehydes is 1. The van der Waals surface area contributed by atoms with Gasteiger partial charge in [-0.05, 0) is 220 Å². The van der Waals surface area contributed by atoms with E-state index in [9.17, 15) is 25.2 Å². The number of aryl methyl sites for hydroxylation is 1. The lowest BCUT2D eigenvalue weighted by Crippen LogP contribution is -2.74. The fourth-order valence-electron chi connectivity index (χ4n) is 23.8. The highest BCUT2D eigenvalue weighted by atomic mass is 16.6. The number of hydrogen-bond acceptors (Lipinski definition) is 9. The van der Waals surface area contributed by atoms with Gasteiger partial charge in [-0.15, -0.1) is 0 Å². The number of fused-ring (bicyclic) bond motifs is 8. The van der Waals surface area contributed by atoms with Crippen molar-refractivity contribution in [1.29, 1.82) is 0 Å². The summed E-state index contributed by atoms with van der Waals surface area (Å²) in [6, 6.07) is 9.36. The fraction of sp³-hybridized carbons (Fsp3) is 0.716. The van der Waals surface area contributed by atoms with E-state index in [0.29, 0.717) is 56.3 Å². The van der Waals surface area contributed by atoms with Gasteiger partial charge in [-0.3, -0.25) is 9.59 Å². The second-order valence-corrected chi connectivity index (χ2v) is 32.5. The number of Topliss-reactive ketones (excluding diaryl/α,β-unsaturated/α-hetero) is 2. The highest BCUT2D eigenvalue weighted by Gasteiger charge is 2.81. The number of aromatic nitrogens is 3. The lowest BCUT2D eigenvalue weighted by molar-refractivity contribution is -0.271. The van der Waals surface area contributed by atoms with E-state index in [1.54, 1.807) is 6.92 Å². The van der Waals surface area contributed by atoms with Crippen molar-refractivity contribution in [2.45, 2.75) is 256 Å². The van der Waals surface area contributed by atoms with E-state index >= 15 is 9.59 Å². The van der Waals surface area contributed by atoms with Gasteiger partial charge in [-0.1, -0.05) is 78.5 Å². The molecule has 12 heteroatoms. The fourth-order valence-corrected chi connectivity index (χ4v) is 23.8. The summed E-state index contributed by atoms with van der Waals surface area (Å²) in [4.78, 5) is 54.5. The van der Waals surface area contributed by atoms with Crippen LogP contribution in [0.5, 0.6) is 0 Å². The van der Waals surface area contributed by atoms with Gasteiger partial charge in [0.15, 0.2) is 5.78 Å². The first-order valence-corrected chi connectivity index (χ1v) is 34.3. The molecule has 1 spiro atoms. The molecule has 8 fully saturated rings. The molecule has 6 saturated carbocycles. The Hall–Kier alpha value is -4.17. The van der Waals surface area contributed by atoms with E-state index in [1.165, 1.54) is 36.1 Å². The zero-order chi connectivity index (χ0) is 60.0. The quantitative estimate of drug-likeness (QED) is 0.0592. The van der Waals surface area contributed by atoms with Crippen molar-refractivity contribution in [2.75, 3.05) is 13.2 Å². The first kappa shape index (κ1) is 58.2. The van der Waals surface area contributed by atoms with Gasteiger partial charge in [0.05, 0.1) is 52.9 Å². The van der Waals surface area contributed by atoms with Crippen LogP contribution in [0.3, 0.4) is 0 Å². The number of aliphatic hydroxyl groups excluding tert-OH is 4. The minimum absolute atomic E-state index is 0.0476. The first-order chi connectivity index (χ1) is 41.0. The Morgan fingerprint density at radius 2 is 1.58 bits per heavy atom. The van der Waals surface area contributed by atoms with E-state index in [4.69, 9.17) is 9.47 Å². The van der Waals surface area contributed by atoms with Gasteiger partial charge in [-0.25, -0.2) is 0 Å². The molecule has 1 aromatic carbocycles. The molecule has 11 aliphatic rings. The largest absolute Gasteiger partial charge is 0.392 e. The highest BCUT2D eigenvalue weighted by Crippen LogP contribution is 2.84. The van der Waals surface area contributed by atoms with Crippen LogP contribution < -0.4 is 0 Å². The predicted octanol–water partition coefficient (Wildman–Crippen LogP) is 12.9. The summed E-state index contributed by atoms with van der Waals surface area (Å²) < 4.78 is 14.5. The zero-order valence-electron chi connectivity index (χ0n) is 52.8. The summed E-state index contributed by atoms with van der Waals surface area (Å²) >= 11 is 0. The van der Waals surface area contributed by atoms with Crippen LogP contribution in [0, 0.1) is 62.1 Å². The second-order valence-electron chi connectivity index (χ2n) is 32.5. The summed E-state index contributed by atoms with van der Waals surface area (Å²) in [7, 11) is 0. The molecule has 0 radical (unpaired) electrons. The van der Waals surface area contributed by atoms with Crippen molar-refractivity contribution in [2.24, 2.45) is 62.1 Å². The third-order valence-corrected chi connectivity index (χ3v) is 28.2. The van der Waals surface area contributed by atoms with E-state index in [1.807, 2.05) is 13.8 Å². The summed E-state index contributed by atoms with van der Waals surface area (Å²) in [5.74, 6) is 0.124. The average molecular weight is 1170 g/mol. The molecule has 2 saturated heterocycles. The van der Waals surface area contributed by atoms with Gasteiger partial charge in [0.1, 0.15) is 18.2 Å². The molecule has 3 aromatic heterocycles. The molecule has 4 aromatic rings. The van der Waals surface area contributed by atoms with E-state index < -0.39 is 74.3 Å². The van der Waals surface area contributed by atoms with Gasteiger partial charge < -0.3 is 49.2 Å². The molecule has 86 heavy (non-hydrogen) atoms. The normalized spacial score (nSPS) is 41.5. The number of allylic oxidation sites excluding steroid dienone is 1. The van der Waals surface area contributed by atoms with Crippen molar-refractivity contribution >= 4 is 28.9 Å². The van der Waals surface area contributed by atoms with Crippen molar-refractivity contribution in [3.63, 3.8) is 0 Å². The van der Waals surface area contributed by atoms with Gasteiger partial charge in [-0.2, -0.15) is 0 Å². The Morgan fingerprint density at radius 3 is 2.29 bits per heavy atom. The molecule has 0 amide bonds. The molecule has 19 atom stereocenters. The maximum atomic E-state index is 16.6. The maximum Gasteiger partial charge on any atom is 0.160 e. The molecule has 12 nitrogen and oxygen atoms in total. The number of ether oxygens (including phenoxy) is 2. The molecule has 464 valence electrons. The van der Waals surface area contributed by atoms with Crippen molar-refractivity contribution < 1.29 is 44.3 Å². The summed E-state index contributed by atoms with van der Waals surface area (Å²) in [6.45, 7) is 19.6. The molecular formula is C74H99N3O9. The van der Waals surface area contributed by atoms with E-state index in [-0.39, 0.29) is 47.4 Å². The molecule has 3 aliphatic heterocycles. The first-order valence-electron chi connectivity index (χ1n) is 34.3. The van der Waals surface area contributed by atoms with Gasteiger partial charge >= 0.3 is 0 Å². The smallest absolute Gasteiger partial charge is 0.160 e. The Morgan fingerprint density at radius 1 is 0.849 bits per heavy atom. The number of carbonyl (C=O) groups is 3. The summed E-state index contributed by atoms with van der Waals surface area (Å²) in [5, 5.41) is 48.8. The number of nitrogens with zero attached hydrogens (tertiary/aromatic N) is 1. The number of rotatable bonds is 12. The lowest BCUT2D eigenvalue weighted by Gasteiger charge is -2.76. The molecule has 2 bridgehead atoms. The topological polar surface area (TPSA) is 190 Å². The molecule has 15 rings (SSSR count). The Bertz CT molecular complexity index is 3370. The molecule has 19 unspecified atom stereocenters. The predicted molar refractivity (Wildman–Crippen MR) is 331 cm³/mol. The molecule has 6 N–H and O–H groups in total. The van der Waals surface area contributed by atoms with Gasteiger partial charge in [0.25, 0.3) is 0 Å². The van der Waals surface area contributed by atoms with E-state index in [0.717, 1.165) is 141 Å². The molecule has 8 aliphatic carbocycles. The standard InChI is InChI=1S/C74H99N3O9/c1-40(79)54(80)29-41-14-15-49(28-41)72(7)57-18-23-70(5)65(73(57,8)74-24-17-44(33-74)61-50(19-25-75-61)59(74)66(72)84)64(83)52-38-77-37-51(53(39-78)48-31-46(42-12-10-9-11-13-42)30-47(32-48)43-20-26-85-27-21-43)62-63(77)45(36-76-62)16-22-69(4,34-56(82)67-68(2,3)86-67)60-55(81)35-71(70,6)58(52)60/h19,25,30-32,36-37,39-44,49,52-54,56-57,59,64-65,67,75-76,79-80,82-83H,9-18,20-24,26-29,33-35,38H2,1-8H3. The number of benzene rings is 1. The SMILES string of the molecule is CC(O)C(O)CC1CCC(C2(C)C(=O)C3c4cc[nH]c4C4CCC3(C4)C3(C)C2CCC2(C)C3C(O)C3Cn4cc(C(C=O)c5cc(C6CCCCC6)cc(C6CCOCC6)c5)c5[nH]cc(c54)CCC(C)(CC(O)C4OC4(C)C)C4=C3C2(C)CC4=O)C1. The Labute approximate surface area is 509 Å². The van der Waals surface area contributed by atoms with Crippen molar-refractivity contribution in [1.82, 2.24) is 14.5 Å². The number of hydrogen-bond donors (Lipinski definition) is 6. The number of aliphatic hydroxyl groups is 4. The average Bonchev–Trinajstić information content (AvgIpc) is 1.14. The van der Waals surface area contributed by atoms with Crippen LogP contribution in [-0.4, -0.2) is 102 Å². The number of carbonyl (C=O) groups excluding carboxylic acids is 3. The highest BCUT2D eigenvalue weighted by molar-refractivity contribution is 6.02. The third-order valence-electron chi connectivity index (χ3n) is 28.2. The minimum atomic E-state index is -0.910. The van der Waals surface area contributed by atoms with Crippen LogP contribution in [0.25, 0.3) is 11.0 Å². The number of ketones is 2. The van der Waals surface area contributed by atoms with Crippen LogP contribution in [0.1, 0.15) is 246 Å². The monoisotopic (exact) mass is 1170 g/mol. The Kier molecular flexibility index (Phi) is 13.7. The van der Waals surface area contributed by atoms with Crippen LogP contribution in [0.4, 0.5) is 0 Å². The number of epoxide rings is 1. The van der Waals surface area contributed by atoms with E-state index in [2.05, 4.69) is 92.0 Å². The summed E-state index contributed by atoms with van der Waals surface area (Å²) in [5.41, 5.74) is 7.81. The van der Waals surface area contributed by atoms with Gasteiger partial charge in [0, 0.05) is 78.3 Å². The number of H-pyrrole nitrogens is 2. The zero-order valence-corrected chi connectivity index (χ0v) is 52.8. The Balaban J connectivity index is 0.911. The van der Waals surface area contributed by atoms with Crippen LogP contribution >= 0.6 is 0 Å². The second kappa shape index (κ2) is 20.2. The lowest BCUT2D eigenvalue weighted by atomic mass is 9.27. The third kappa shape index (κ3) is 8.08. The summed E-state index contributed by atoms with van der Waals surface area (Å²) in [6.07, 6.45) is 21.2. The number of aromatic amines is 2. The molecular weight excluding hydrogens is 1070 g/mol. The van der Waals surface area contributed by atoms with Crippen LogP contribution in [0.2, 0.25) is 0 Å². The van der Waals surface area contributed by atoms with Gasteiger partial charge in [0.2, 0.25) is 0 Å². The van der Waals surface area contributed by atoms with Crippen LogP contribution in [-0.2, 0) is 36.8 Å². The molecule has 6 heterocycles. The number of nitrogens with one attached hydrogen (secondary N) is 2.